The fourth-order valence-corrected chi connectivity index (χ4v) is 4.74. The van der Waals surface area contributed by atoms with Crippen LogP contribution in [0.3, 0.4) is 0 Å². The Morgan fingerprint density at radius 2 is 1.88 bits per heavy atom. The van der Waals surface area contributed by atoms with Crippen LogP contribution in [-0.4, -0.2) is 62.6 Å². The number of hydrogen-bond donors (Lipinski definition) is 0. The molecule has 2 aliphatic heterocycles. The number of amides is 1. The molecule has 0 N–H and O–H groups in total. The van der Waals surface area contributed by atoms with Gasteiger partial charge in [-0.1, -0.05) is 29.3 Å². The molecule has 2 atom stereocenters. The third kappa shape index (κ3) is 4.93. The Balaban J connectivity index is 1.51. The summed E-state index contributed by atoms with van der Waals surface area (Å²) in [5.41, 5.74) is 1.48. The van der Waals surface area contributed by atoms with Crippen LogP contribution >= 0.6 is 23.2 Å². The Kier molecular flexibility index (Phi) is 7.19. The van der Waals surface area contributed by atoms with Gasteiger partial charge in [0.15, 0.2) is 0 Å². The van der Waals surface area contributed by atoms with Gasteiger partial charge in [-0.3, -0.25) is 14.4 Å². The first-order valence-electron chi connectivity index (χ1n) is 10.8. The minimum Gasteiger partial charge on any atom is -0.495 e. The Morgan fingerprint density at radius 3 is 2.62 bits per heavy atom. The molecule has 2 aliphatic rings. The lowest BCUT2D eigenvalue weighted by Crippen LogP contribution is -2.55. The van der Waals surface area contributed by atoms with Crippen molar-refractivity contribution in [3.63, 3.8) is 0 Å². The van der Waals surface area contributed by atoms with Gasteiger partial charge >= 0.3 is 11.9 Å². The largest absolute Gasteiger partial charge is 0.495 e. The van der Waals surface area contributed by atoms with Crippen LogP contribution in [0.15, 0.2) is 36.4 Å². The topological polar surface area (TPSA) is 85.4 Å². The van der Waals surface area contributed by atoms with Crippen LogP contribution in [-0.2, 0) is 19.1 Å². The first-order chi connectivity index (χ1) is 16.3. The number of piperazine rings is 1. The van der Waals surface area contributed by atoms with Crippen LogP contribution in [0, 0.1) is 0 Å². The maximum Gasteiger partial charge on any atom is 0.319 e. The molecule has 2 unspecified atom stereocenters. The number of anilines is 1. The van der Waals surface area contributed by atoms with Crippen molar-refractivity contribution in [2.45, 2.75) is 24.8 Å². The minimum atomic E-state index is -0.683. The van der Waals surface area contributed by atoms with Gasteiger partial charge in [0.25, 0.3) is 0 Å². The second-order valence-electron chi connectivity index (χ2n) is 8.15. The molecule has 0 saturated carbocycles. The fraction of sp³-hybridized carbons (Fsp3) is 0.375. The number of hydrogen-bond acceptors (Lipinski definition) is 7. The highest BCUT2D eigenvalue weighted by Crippen LogP contribution is 2.39. The molecule has 1 saturated heterocycles. The SMILES string of the molecule is COC(=O)CC1CN(C(=O)CC2C(=O)Oc3cc(Cl)ccc32)CCN1c1ccc(Cl)c(OC)c1. The van der Waals surface area contributed by atoms with E-state index in [9.17, 15) is 14.4 Å². The average molecular weight is 507 g/mol. The minimum absolute atomic E-state index is 0.0207. The highest BCUT2D eigenvalue weighted by molar-refractivity contribution is 6.32. The summed E-state index contributed by atoms with van der Waals surface area (Å²) in [7, 11) is 2.87. The van der Waals surface area contributed by atoms with Crippen LogP contribution in [0.1, 0.15) is 24.3 Å². The van der Waals surface area contributed by atoms with E-state index in [1.165, 1.54) is 14.2 Å². The molecule has 1 fully saturated rings. The molecular formula is C24H24Cl2N2O6. The van der Waals surface area contributed by atoms with Crippen molar-refractivity contribution in [3.05, 3.63) is 52.0 Å². The third-order valence-electron chi connectivity index (χ3n) is 6.16. The fourth-order valence-electron chi connectivity index (χ4n) is 4.39. The molecule has 1 amide bonds. The van der Waals surface area contributed by atoms with Crippen molar-refractivity contribution in [1.29, 1.82) is 0 Å². The molecule has 2 aromatic rings. The molecule has 8 nitrogen and oxygen atoms in total. The van der Waals surface area contributed by atoms with Crippen LogP contribution in [0.4, 0.5) is 5.69 Å². The molecule has 0 radical (unpaired) electrons. The Hall–Kier alpha value is -2.97. The van der Waals surface area contributed by atoms with E-state index in [-0.39, 0.29) is 30.8 Å². The van der Waals surface area contributed by atoms with Crippen molar-refractivity contribution >= 4 is 46.7 Å². The van der Waals surface area contributed by atoms with Gasteiger partial charge in [-0.15, -0.1) is 0 Å². The molecule has 10 heteroatoms. The lowest BCUT2D eigenvalue weighted by molar-refractivity contribution is -0.142. The number of carbonyl (C=O) groups excluding carboxylic acids is 3. The normalized spacial score (nSPS) is 19.5. The van der Waals surface area contributed by atoms with Crippen LogP contribution in [0.2, 0.25) is 10.0 Å². The highest BCUT2D eigenvalue weighted by Gasteiger charge is 2.38. The summed E-state index contributed by atoms with van der Waals surface area (Å²) in [5.74, 6) is -0.808. The summed E-state index contributed by atoms with van der Waals surface area (Å²) in [6.45, 7) is 1.21. The van der Waals surface area contributed by atoms with E-state index >= 15 is 0 Å². The number of nitrogens with zero attached hydrogens (tertiary/aromatic N) is 2. The van der Waals surface area contributed by atoms with Gasteiger partial charge in [0.05, 0.1) is 37.6 Å². The van der Waals surface area contributed by atoms with Crippen molar-refractivity contribution in [2.24, 2.45) is 0 Å². The number of halogens is 2. The van der Waals surface area contributed by atoms with Gasteiger partial charge in [-0.2, -0.15) is 0 Å². The first-order valence-corrected chi connectivity index (χ1v) is 11.5. The van der Waals surface area contributed by atoms with E-state index in [1.807, 2.05) is 11.0 Å². The molecule has 34 heavy (non-hydrogen) atoms. The Bertz CT molecular complexity index is 1120. The van der Waals surface area contributed by atoms with Crippen LogP contribution in [0.25, 0.3) is 0 Å². The van der Waals surface area contributed by atoms with E-state index in [1.54, 1.807) is 35.2 Å². The second kappa shape index (κ2) is 10.1. The molecule has 0 aliphatic carbocycles. The summed E-state index contributed by atoms with van der Waals surface area (Å²) < 4.78 is 15.5. The van der Waals surface area contributed by atoms with E-state index in [0.29, 0.717) is 46.7 Å². The molecule has 2 aromatic carbocycles. The van der Waals surface area contributed by atoms with E-state index in [0.717, 1.165) is 5.69 Å². The zero-order chi connectivity index (χ0) is 24.4. The van der Waals surface area contributed by atoms with Gasteiger partial charge in [-0.05, 0) is 24.3 Å². The summed E-state index contributed by atoms with van der Waals surface area (Å²) >= 11 is 12.1. The maximum atomic E-state index is 13.2. The summed E-state index contributed by atoms with van der Waals surface area (Å²) in [5, 5.41) is 0.939. The smallest absolute Gasteiger partial charge is 0.319 e. The molecule has 0 spiro atoms. The van der Waals surface area contributed by atoms with Crippen molar-refractivity contribution in [1.82, 2.24) is 4.90 Å². The number of ether oxygens (including phenoxy) is 3. The standard InChI is InChI=1S/C24H24Cl2N2O6/c1-32-21-10-15(4-6-19(21)26)28-8-7-27(13-16(28)11-23(30)33-2)22(29)12-18-17-5-3-14(25)9-20(17)34-24(18)31/h3-6,9-10,16,18H,7-8,11-13H2,1-2H3. The molecular weight excluding hydrogens is 483 g/mol. The van der Waals surface area contributed by atoms with Gasteiger partial charge in [0.2, 0.25) is 5.91 Å². The van der Waals surface area contributed by atoms with E-state index < -0.39 is 11.9 Å². The molecule has 0 aromatic heterocycles. The van der Waals surface area contributed by atoms with Gasteiger partial charge in [0.1, 0.15) is 11.5 Å². The van der Waals surface area contributed by atoms with Crippen LogP contribution < -0.4 is 14.4 Å². The maximum absolute atomic E-state index is 13.2. The van der Waals surface area contributed by atoms with Crippen molar-refractivity contribution < 1.29 is 28.6 Å². The van der Waals surface area contributed by atoms with Crippen molar-refractivity contribution in [2.75, 3.05) is 38.8 Å². The summed E-state index contributed by atoms with van der Waals surface area (Å²) in [6, 6.07) is 10.0. The predicted octanol–water partition coefficient (Wildman–Crippen LogP) is 3.68. The van der Waals surface area contributed by atoms with E-state index in [2.05, 4.69) is 0 Å². The zero-order valence-corrected chi connectivity index (χ0v) is 20.3. The second-order valence-corrected chi connectivity index (χ2v) is 8.99. The first kappa shape index (κ1) is 24.2. The van der Waals surface area contributed by atoms with Crippen LogP contribution in [0.5, 0.6) is 11.5 Å². The van der Waals surface area contributed by atoms with Gasteiger partial charge in [0, 0.05) is 48.4 Å². The Morgan fingerprint density at radius 1 is 1.09 bits per heavy atom. The average Bonchev–Trinajstić information content (AvgIpc) is 3.13. The molecule has 180 valence electrons. The molecule has 2 heterocycles. The number of fused-ring (bicyclic) bond motifs is 1. The number of carbonyl (C=O) groups is 3. The Labute approximate surface area is 207 Å². The van der Waals surface area contributed by atoms with Gasteiger partial charge < -0.3 is 24.0 Å². The number of benzene rings is 2. The van der Waals surface area contributed by atoms with E-state index in [4.69, 9.17) is 37.4 Å². The number of rotatable bonds is 6. The third-order valence-corrected chi connectivity index (χ3v) is 6.70. The van der Waals surface area contributed by atoms with Gasteiger partial charge in [-0.25, -0.2) is 0 Å². The van der Waals surface area contributed by atoms with Crippen molar-refractivity contribution in [3.8, 4) is 11.5 Å². The summed E-state index contributed by atoms with van der Waals surface area (Å²) in [4.78, 5) is 41.4. The lowest BCUT2D eigenvalue weighted by atomic mass is 9.96. The number of methoxy groups -OCH3 is 2. The zero-order valence-electron chi connectivity index (χ0n) is 18.8. The highest BCUT2D eigenvalue weighted by atomic mass is 35.5. The number of esters is 2. The predicted molar refractivity (Wildman–Crippen MR) is 127 cm³/mol. The lowest BCUT2D eigenvalue weighted by Gasteiger charge is -2.42. The quantitative estimate of drug-likeness (QED) is 0.436. The monoisotopic (exact) mass is 506 g/mol. The molecule has 0 bridgehead atoms. The summed E-state index contributed by atoms with van der Waals surface area (Å²) in [6.07, 6.45) is 0.0746. The molecule has 4 rings (SSSR count).